The second kappa shape index (κ2) is 10.5. The Labute approximate surface area is 215 Å². The first-order valence-electron chi connectivity index (χ1n) is 11.5. The molecule has 2 aromatic rings. The molecule has 1 N–H and O–H groups in total. The number of halogens is 2. The molecule has 34 heavy (non-hydrogen) atoms. The van der Waals surface area contributed by atoms with E-state index in [1.165, 1.54) is 6.92 Å². The van der Waals surface area contributed by atoms with Crippen LogP contribution in [0.3, 0.4) is 0 Å². The number of sulfonamides is 1. The monoisotopic (exact) mass is 568 g/mol. The van der Waals surface area contributed by atoms with Crippen molar-refractivity contribution in [3.63, 3.8) is 0 Å². The third-order valence-corrected chi connectivity index (χ3v) is 9.12. The minimum absolute atomic E-state index is 0.0182. The number of nitrogens with one attached hydrogen (secondary N) is 1. The number of carbonyl (C=O) groups excluding carboxylic acids is 1. The average Bonchev–Trinajstić information content (AvgIpc) is 3.11. The van der Waals surface area contributed by atoms with E-state index in [0.717, 1.165) is 55.4 Å². The Bertz CT molecular complexity index is 1170. The van der Waals surface area contributed by atoms with Gasteiger partial charge in [-0.2, -0.15) is 0 Å². The van der Waals surface area contributed by atoms with E-state index in [1.54, 1.807) is 11.0 Å². The first-order chi connectivity index (χ1) is 16.2. The van der Waals surface area contributed by atoms with Gasteiger partial charge < -0.3 is 9.80 Å². The van der Waals surface area contributed by atoms with Crippen LogP contribution < -0.4 is 14.5 Å². The number of amides is 1. The summed E-state index contributed by atoms with van der Waals surface area (Å²) in [6, 6.07) is 11.4. The molecule has 0 radical (unpaired) electrons. The van der Waals surface area contributed by atoms with Crippen molar-refractivity contribution >= 4 is 54.8 Å². The zero-order chi connectivity index (χ0) is 24.5. The van der Waals surface area contributed by atoms with Gasteiger partial charge in [0.2, 0.25) is 15.9 Å². The highest BCUT2D eigenvalue weighted by atomic mass is 79.9. The number of hydrogen-bond acceptors (Lipinski definition) is 5. The van der Waals surface area contributed by atoms with Crippen LogP contribution in [0.4, 0.5) is 11.4 Å². The molecule has 184 valence electrons. The van der Waals surface area contributed by atoms with Crippen molar-refractivity contribution in [2.45, 2.75) is 37.6 Å². The standard InChI is InChI=1S/C24H30BrClN4O3S/c1-17-13-19-14-22(25)24(16-23(19)30(17)18(2)31)34(32,33)27-7-4-8-28-9-11-29(12-10-28)21-6-3-5-20(26)15-21/h3,5-6,14-17,27H,4,7-13H2,1-2H3/t17-/m1/s1. The number of nitrogens with zero attached hydrogens (tertiary/aromatic N) is 3. The summed E-state index contributed by atoms with van der Waals surface area (Å²) in [5.74, 6) is -0.0830. The lowest BCUT2D eigenvalue weighted by molar-refractivity contribution is -0.116. The van der Waals surface area contributed by atoms with E-state index in [-0.39, 0.29) is 16.8 Å². The summed E-state index contributed by atoms with van der Waals surface area (Å²) in [6.07, 6.45) is 1.43. The highest BCUT2D eigenvalue weighted by Gasteiger charge is 2.32. The van der Waals surface area contributed by atoms with Gasteiger partial charge in [-0.15, -0.1) is 0 Å². The second-order valence-electron chi connectivity index (χ2n) is 8.91. The zero-order valence-corrected chi connectivity index (χ0v) is 22.6. The molecule has 2 heterocycles. The maximum absolute atomic E-state index is 13.0. The van der Waals surface area contributed by atoms with Gasteiger partial charge in [0.25, 0.3) is 0 Å². The van der Waals surface area contributed by atoms with Crippen LogP contribution in [-0.2, 0) is 21.2 Å². The molecule has 1 saturated heterocycles. The molecule has 1 atom stereocenters. The van der Waals surface area contributed by atoms with E-state index >= 15 is 0 Å². The van der Waals surface area contributed by atoms with E-state index in [2.05, 4.69) is 36.5 Å². The number of rotatable bonds is 7. The molecular weight excluding hydrogens is 540 g/mol. The van der Waals surface area contributed by atoms with Crippen molar-refractivity contribution in [3.05, 3.63) is 51.5 Å². The normalized spacial score (nSPS) is 18.9. The molecule has 2 aromatic carbocycles. The lowest BCUT2D eigenvalue weighted by atomic mass is 10.1. The van der Waals surface area contributed by atoms with Gasteiger partial charge in [-0.05, 0) is 78.1 Å². The Morgan fingerprint density at radius 2 is 1.91 bits per heavy atom. The minimum Gasteiger partial charge on any atom is -0.369 e. The van der Waals surface area contributed by atoms with Gasteiger partial charge in [0.15, 0.2) is 0 Å². The highest BCUT2D eigenvalue weighted by Crippen LogP contribution is 2.37. The molecule has 2 aliphatic heterocycles. The van der Waals surface area contributed by atoms with Crippen LogP contribution in [0, 0.1) is 0 Å². The van der Waals surface area contributed by atoms with Gasteiger partial charge in [0.05, 0.1) is 4.90 Å². The number of carbonyl (C=O) groups is 1. The lowest BCUT2D eigenvalue weighted by Crippen LogP contribution is -2.47. The van der Waals surface area contributed by atoms with Crippen LogP contribution in [0.5, 0.6) is 0 Å². The van der Waals surface area contributed by atoms with Crippen molar-refractivity contribution in [3.8, 4) is 0 Å². The zero-order valence-electron chi connectivity index (χ0n) is 19.4. The largest absolute Gasteiger partial charge is 0.369 e. The molecular formula is C24H30BrClN4O3S. The summed E-state index contributed by atoms with van der Waals surface area (Å²) in [7, 11) is -3.71. The third-order valence-electron chi connectivity index (χ3n) is 6.47. The molecule has 0 aliphatic carbocycles. The van der Waals surface area contributed by atoms with Crippen LogP contribution in [0.1, 0.15) is 25.8 Å². The van der Waals surface area contributed by atoms with E-state index in [9.17, 15) is 13.2 Å². The smallest absolute Gasteiger partial charge is 0.241 e. The fraction of sp³-hybridized carbons (Fsp3) is 0.458. The van der Waals surface area contributed by atoms with Crippen LogP contribution in [0.2, 0.25) is 5.02 Å². The van der Waals surface area contributed by atoms with Crippen LogP contribution in [0.15, 0.2) is 45.8 Å². The summed E-state index contributed by atoms with van der Waals surface area (Å²) in [5, 5.41) is 0.741. The molecule has 7 nitrogen and oxygen atoms in total. The number of benzene rings is 2. The summed E-state index contributed by atoms with van der Waals surface area (Å²) < 4.78 is 29.3. The van der Waals surface area contributed by atoms with Gasteiger partial charge in [0.1, 0.15) is 0 Å². The quantitative estimate of drug-likeness (QED) is 0.512. The van der Waals surface area contributed by atoms with Gasteiger partial charge in [-0.1, -0.05) is 17.7 Å². The number of fused-ring (bicyclic) bond motifs is 1. The Morgan fingerprint density at radius 3 is 2.59 bits per heavy atom. The molecule has 0 aromatic heterocycles. The first kappa shape index (κ1) is 25.4. The van der Waals surface area contributed by atoms with Crippen molar-refractivity contribution in [2.24, 2.45) is 0 Å². The van der Waals surface area contributed by atoms with Crippen molar-refractivity contribution in [1.29, 1.82) is 0 Å². The van der Waals surface area contributed by atoms with Crippen molar-refractivity contribution < 1.29 is 13.2 Å². The lowest BCUT2D eigenvalue weighted by Gasteiger charge is -2.36. The van der Waals surface area contributed by atoms with Gasteiger partial charge in [0, 0.05) is 66.6 Å². The van der Waals surface area contributed by atoms with Gasteiger partial charge in [-0.3, -0.25) is 9.69 Å². The molecule has 2 aliphatic rings. The summed E-state index contributed by atoms with van der Waals surface area (Å²) >= 11 is 9.53. The predicted octanol–water partition coefficient (Wildman–Crippen LogP) is 3.89. The average molecular weight is 570 g/mol. The second-order valence-corrected chi connectivity index (χ2v) is 11.9. The third kappa shape index (κ3) is 5.60. The molecule has 1 fully saturated rings. The van der Waals surface area contributed by atoms with E-state index in [1.807, 2.05) is 31.2 Å². The Hall–Kier alpha value is -1.65. The fourth-order valence-corrected chi connectivity index (χ4v) is 7.16. The molecule has 0 unspecified atom stereocenters. The summed E-state index contributed by atoms with van der Waals surface area (Å²) in [4.78, 5) is 18.6. The van der Waals surface area contributed by atoms with Crippen LogP contribution in [0.25, 0.3) is 0 Å². The van der Waals surface area contributed by atoms with E-state index in [0.29, 0.717) is 23.1 Å². The van der Waals surface area contributed by atoms with Crippen LogP contribution in [-0.4, -0.2) is 64.5 Å². The first-order valence-corrected chi connectivity index (χ1v) is 14.2. The Morgan fingerprint density at radius 1 is 1.18 bits per heavy atom. The number of anilines is 2. The maximum atomic E-state index is 13.0. The molecule has 0 spiro atoms. The Kier molecular flexibility index (Phi) is 7.89. The number of hydrogen-bond donors (Lipinski definition) is 1. The molecule has 0 saturated carbocycles. The van der Waals surface area contributed by atoms with Gasteiger partial charge in [-0.25, -0.2) is 13.1 Å². The highest BCUT2D eigenvalue weighted by molar-refractivity contribution is 9.10. The minimum atomic E-state index is -3.71. The number of piperazine rings is 1. The molecule has 0 bridgehead atoms. The van der Waals surface area contributed by atoms with Crippen molar-refractivity contribution in [2.75, 3.05) is 49.1 Å². The Balaban J connectivity index is 1.30. The molecule has 10 heteroatoms. The fourth-order valence-electron chi connectivity index (χ4n) is 4.79. The van der Waals surface area contributed by atoms with Gasteiger partial charge >= 0.3 is 0 Å². The molecule has 4 rings (SSSR count). The van der Waals surface area contributed by atoms with Crippen molar-refractivity contribution in [1.82, 2.24) is 9.62 Å². The van der Waals surface area contributed by atoms with E-state index in [4.69, 9.17) is 11.6 Å². The SMILES string of the molecule is CC(=O)N1c2cc(S(=O)(=O)NCCCN3CCN(c4cccc(Cl)c4)CC3)c(Br)cc2C[C@H]1C. The predicted molar refractivity (Wildman–Crippen MR) is 140 cm³/mol. The van der Waals surface area contributed by atoms with E-state index < -0.39 is 10.0 Å². The topological polar surface area (TPSA) is 73.0 Å². The molecule has 1 amide bonds. The van der Waals surface area contributed by atoms with Crippen LogP contribution >= 0.6 is 27.5 Å². The summed E-state index contributed by atoms with van der Waals surface area (Å²) in [5.41, 5.74) is 2.80. The maximum Gasteiger partial charge on any atom is 0.241 e. The summed E-state index contributed by atoms with van der Waals surface area (Å²) in [6.45, 7) is 8.34.